The topological polar surface area (TPSA) is 51.5 Å². The molecule has 0 saturated heterocycles. The highest BCUT2D eigenvalue weighted by Crippen LogP contribution is 2.34. The van der Waals surface area contributed by atoms with Gasteiger partial charge in [0.2, 0.25) is 5.71 Å². The van der Waals surface area contributed by atoms with Gasteiger partial charge in [-0.1, -0.05) is 18.2 Å². The maximum absolute atomic E-state index is 5.85. The summed E-state index contributed by atoms with van der Waals surface area (Å²) in [6, 6.07) is 15.0. The van der Waals surface area contributed by atoms with E-state index >= 15 is 0 Å². The average Bonchev–Trinajstić information content (AvgIpc) is 2.62. The van der Waals surface area contributed by atoms with Crippen LogP contribution in [-0.4, -0.2) is 42.1 Å². The lowest BCUT2D eigenvalue weighted by molar-refractivity contribution is -0.524. The van der Waals surface area contributed by atoms with Crippen LogP contribution < -0.4 is 9.47 Å². The fraction of sp³-hybridized carbons (Fsp3) is 0.381. The summed E-state index contributed by atoms with van der Waals surface area (Å²) >= 11 is 0. The summed E-state index contributed by atoms with van der Waals surface area (Å²) in [6.45, 7) is 9.55. The highest BCUT2D eigenvalue weighted by Gasteiger charge is 2.28. The molecule has 0 bridgehead atoms. The Bertz CT molecular complexity index is 738. The molecule has 0 spiro atoms. The van der Waals surface area contributed by atoms with Crippen molar-refractivity contribution >= 4 is 5.71 Å². The third-order valence-corrected chi connectivity index (χ3v) is 4.42. The van der Waals surface area contributed by atoms with Crippen LogP contribution in [0.5, 0.6) is 11.5 Å². The molecule has 0 unspecified atom stereocenters. The van der Waals surface area contributed by atoms with Gasteiger partial charge in [0.05, 0.1) is 18.8 Å². The van der Waals surface area contributed by atoms with E-state index in [2.05, 4.69) is 54.0 Å². The summed E-state index contributed by atoms with van der Waals surface area (Å²) in [5.41, 5.74) is 5.15. The van der Waals surface area contributed by atoms with Gasteiger partial charge in [-0.2, -0.15) is 0 Å². The Morgan fingerprint density at radius 3 is 2.16 bits per heavy atom. The Hall–Kier alpha value is -2.33. The van der Waals surface area contributed by atoms with E-state index < -0.39 is 0 Å². The lowest BCUT2D eigenvalue weighted by atomic mass is 9.92. The minimum absolute atomic E-state index is 0. The molecule has 1 aliphatic heterocycles. The van der Waals surface area contributed by atoms with Gasteiger partial charge in [0, 0.05) is 12.0 Å². The summed E-state index contributed by atoms with van der Waals surface area (Å²) in [5.74, 6) is 1.69. The quantitative estimate of drug-likeness (QED) is 0.752. The van der Waals surface area contributed by atoms with Crippen molar-refractivity contribution < 1.29 is 19.5 Å². The smallest absolute Gasteiger partial charge is 0.214 e. The van der Waals surface area contributed by atoms with Crippen LogP contribution in [0.3, 0.4) is 0 Å². The Labute approximate surface area is 150 Å². The first-order chi connectivity index (χ1) is 11.8. The van der Waals surface area contributed by atoms with E-state index in [1.54, 1.807) is 0 Å². The molecule has 4 heteroatoms. The summed E-state index contributed by atoms with van der Waals surface area (Å²) in [5, 5.41) is 0. The average molecular weight is 341 g/mol. The van der Waals surface area contributed by atoms with Crippen molar-refractivity contribution in [1.82, 2.24) is 0 Å². The molecular formula is C21H27NO3. The Balaban J connectivity index is 0.00000225. The second kappa shape index (κ2) is 8.67. The molecule has 0 radical (unpaired) electrons. The van der Waals surface area contributed by atoms with Gasteiger partial charge in [-0.3, -0.25) is 0 Å². The van der Waals surface area contributed by atoms with Gasteiger partial charge in [0.1, 0.15) is 13.1 Å². The summed E-state index contributed by atoms with van der Waals surface area (Å²) < 4.78 is 14.1. The molecule has 0 aromatic heterocycles. The van der Waals surface area contributed by atoms with Crippen molar-refractivity contribution in [2.75, 3.05) is 26.3 Å². The molecule has 3 rings (SSSR count). The molecule has 0 saturated carbocycles. The standard InChI is InChI=1S/C21H26NO2.H2O/c1-4-22-13-12-17-14-19(23-5-2)20(24-6-3)15-18(17)21(22)16-10-8-7-9-11-16;/h7-11,14-15H,4-6,12-13H2,1-3H3;1H2/q+1;/p-1. The number of fused-ring (bicyclic) bond motifs is 1. The maximum atomic E-state index is 5.85. The van der Waals surface area contributed by atoms with Crippen molar-refractivity contribution in [3.8, 4) is 11.5 Å². The van der Waals surface area contributed by atoms with E-state index in [0.29, 0.717) is 13.2 Å². The minimum Gasteiger partial charge on any atom is -0.870 e. The van der Waals surface area contributed by atoms with Gasteiger partial charge in [0.25, 0.3) is 0 Å². The molecule has 0 aliphatic carbocycles. The van der Waals surface area contributed by atoms with E-state index in [4.69, 9.17) is 9.47 Å². The number of benzene rings is 2. The molecule has 4 nitrogen and oxygen atoms in total. The van der Waals surface area contributed by atoms with Crippen molar-refractivity contribution in [1.29, 1.82) is 0 Å². The van der Waals surface area contributed by atoms with Crippen molar-refractivity contribution in [2.45, 2.75) is 27.2 Å². The van der Waals surface area contributed by atoms with Gasteiger partial charge in [-0.25, -0.2) is 4.58 Å². The lowest BCUT2D eigenvalue weighted by Gasteiger charge is -2.21. The molecular weight excluding hydrogens is 314 g/mol. The predicted octanol–water partition coefficient (Wildman–Crippen LogP) is 3.73. The van der Waals surface area contributed by atoms with Gasteiger partial charge in [-0.15, -0.1) is 0 Å². The van der Waals surface area contributed by atoms with Crippen molar-refractivity contribution in [3.05, 3.63) is 59.2 Å². The molecule has 1 aliphatic rings. The van der Waals surface area contributed by atoms with Gasteiger partial charge in [-0.05, 0) is 50.6 Å². The zero-order valence-electron chi connectivity index (χ0n) is 15.3. The van der Waals surface area contributed by atoms with Crippen LogP contribution in [0.4, 0.5) is 0 Å². The van der Waals surface area contributed by atoms with Crippen molar-refractivity contribution in [3.63, 3.8) is 0 Å². The van der Waals surface area contributed by atoms with E-state index in [9.17, 15) is 0 Å². The molecule has 0 amide bonds. The molecule has 1 heterocycles. The highest BCUT2D eigenvalue weighted by atomic mass is 16.5. The van der Waals surface area contributed by atoms with E-state index in [1.807, 2.05) is 13.8 Å². The normalized spacial score (nSPS) is 13.1. The van der Waals surface area contributed by atoms with Crippen molar-refractivity contribution in [2.24, 2.45) is 0 Å². The van der Waals surface area contributed by atoms with Crippen LogP contribution in [0.25, 0.3) is 0 Å². The Morgan fingerprint density at radius 1 is 0.920 bits per heavy atom. The first-order valence-corrected chi connectivity index (χ1v) is 8.88. The highest BCUT2D eigenvalue weighted by molar-refractivity contribution is 6.11. The van der Waals surface area contributed by atoms with Crippen LogP contribution in [-0.2, 0) is 6.42 Å². The SMILES string of the molecule is CCOc1cc2c(cc1OCC)C(c1ccccc1)=[N+](CC)CC2.[OH-]. The molecule has 2 aromatic rings. The van der Waals surface area contributed by atoms with Crippen LogP contribution in [0, 0.1) is 0 Å². The van der Waals surface area contributed by atoms with Crippen LogP contribution in [0.15, 0.2) is 42.5 Å². The number of ether oxygens (including phenoxy) is 2. The Kier molecular flexibility index (Phi) is 6.59. The first kappa shape index (κ1) is 19.0. The van der Waals surface area contributed by atoms with Crippen LogP contribution >= 0.6 is 0 Å². The summed E-state index contributed by atoms with van der Waals surface area (Å²) in [4.78, 5) is 0. The molecule has 25 heavy (non-hydrogen) atoms. The van der Waals surface area contributed by atoms with Gasteiger partial charge >= 0.3 is 0 Å². The summed E-state index contributed by atoms with van der Waals surface area (Å²) in [7, 11) is 0. The number of rotatable bonds is 6. The molecule has 0 atom stereocenters. The minimum atomic E-state index is 0. The number of hydrogen-bond acceptors (Lipinski definition) is 3. The fourth-order valence-electron chi connectivity index (χ4n) is 3.35. The molecule has 1 N–H and O–H groups in total. The van der Waals surface area contributed by atoms with Crippen LogP contribution in [0.2, 0.25) is 0 Å². The number of nitrogens with zero attached hydrogens (tertiary/aromatic N) is 1. The summed E-state index contributed by atoms with van der Waals surface area (Å²) in [6.07, 6.45) is 1.03. The number of hydrogen-bond donors (Lipinski definition) is 0. The lowest BCUT2D eigenvalue weighted by Crippen LogP contribution is -2.31. The monoisotopic (exact) mass is 341 g/mol. The first-order valence-electron chi connectivity index (χ1n) is 8.88. The molecule has 134 valence electrons. The maximum Gasteiger partial charge on any atom is 0.214 e. The second-order valence-electron chi connectivity index (χ2n) is 5.87. The van der Waals surface area contributed by atoms with E-state index in [1.165, 1.54) is 22.4 Å². The molecule has 0 fully saturated rings. The predicted molar refractivity (Wildman–Crippen MR) is 99.7 cm³/mol. The zero-order chi connectivity index (χ0) is 16.9. The van der Waals surface area contributed by atoms with Crippen LogP contribution in [0.1, 0.15) is 37.5 Å². The second-order valence-corrected chi connectivity index (χ2v) is 5.87. The fourth-order valence-corrected chi connectivity index (χ4v) is 3.35. The van der Waals surface area contributed by atoms with Gasteiger partial charge < -0.3 is 14.9 Å². The van der Waals surface area contributed by atoms with E-state index in [0.717, 1.165) is 31.0 Å². The largest absolute Gasteiger partial charge is 0.870 e. The van der Waals surface area contributed by atoms with E-state index in [-0.39, 0.29) is 5.48 Å². The van der Waals surface area contributed by atoms with Gasteiger partial charge in [0.15, 0.2) is 11.5 Å². The third kappa shape index (κ3) is 3.85. The Morgan fingerprint density at radius 2 is 1.56 bits per heavy atom. The number of likely N-dealkylation sites (N-methyl/N-ethyl adjacent to an activating group) is 1. The third-order valence-electron chi connectivity index (χ3n) is 4.42. The zero-order valence-corrected chi connectivity index (χ0v) is 15.3. The molecule has 2 aromatic carbocycles.